The molecule has 1 amide bonds. The van der Waals surface area contributed by atoms with Crippen LogP contribution in [0.3, 0.4) is 0 Å². The van der Waals surface area contributed by atoms with Crippen molar-refractivity contribution in [2.75, 3.05) is 13.1 Å². The molecular formula is C13H14F2N2O4. The summed E-state index contributed by atoms with van der Waals surface area (Å²) in [6, 6.07) is 1.39. The van der Waals surface area contributed by atoms with E-state index in [1.54, 1.807) is 6.92 Å². The Balaban J connectivity index is 2.32. The number of carbonyl (C=O) groups excluding carboxylic acids is 1. The molecule has 1 N–H and O–H groups in total. The number of rotatable bonds is 2. The molecule has 6 nitrogen and oxygen atoms in total. The molecule has 0 aliphatic carbocycles. The molecule has 0 aromatic heterocycles. The molecule has 0 spiro atoms. The molecule has 8 heteroatoms. The van der Waals surface area contributed by atoms with E-state index < -0.39 is 39.3 Å². The summed E-state index contributed by atoms with van der Waals surface area (Å²) in [7, 11) is 0. The highest BCUT2D eigenvalue weighted by atomic mass is 19.1. The second kappa shape index (κ2) is 5.36. The maximum Gasteiger partial charge on any atom is 0.305 e. The largest absolute Gasteiger partial charge is 0.390 e. The maximum atomic E-state index is 14.0. The van der Waals surface area contributed by atoms with E-state index in [-0.39, 0.29) is 25.9 Å². The number of benzene rings is 1. The summed E-state index contributed by atoms with van der Waals surface area (Å²) in [6.45, 7) is 1.88. The molecule has 1 fully saturated rings. The average Bonchev–Trinajstić information content (AvgIpc) is 2.38. The van der Waals surface area contributed by atoms with Crippen molar-refractivity contribution in [2.24, 2.45) is 0 Å². The van der Waals surface area contributed by atoms with Gasteiger partial charge in [0.1, 0.15) is 11.4 Å². The molecule has 0 unspecified atom stereocenters. The minimum absolute atomic E-state index is 0.132. The van der Waals surface area contributed by atoms with Gasteiger partial charge < -0.3 is 10.0 Å². The minimum Gasteiger partial charge on any atom is -0.390 e. The highest BCUT2D eigenvalue weighted by molar-refractivity contribution is 5.95. The van der Waals surface area contributed by atoms with E-state index in [1.165, 1.54) is 4.90 Å². The predicted octanol–water partition coefficient (Wildman–Crippen LogP) is 1.86. The van der Waals surface area contributed by atoms with Gasteiger partial charge in [-0.2, -0.15) is 4.39 Å². The van der Waals surface area contributed by atoms with Crippen molar-refractivity contribution in [3.05, 3.63) is 39.4 Å². The zero-order valence-electron chi connectivity index (χ0n) is 11.3. The molecule has 21 heavy (non-hydrogen) atoms. The molecule has 2 rings (SSSR count). The van der Waals surface area contributed by atoms with E-state index in [2.05, 4.69) is 0 Å². The first-order chi connectivity index (χ1) is 9.73. The summed E-state index contributed by atoms with van der Waals surface area (Å²) in [6.07, 6.45) is 0.549. The van der Waals surface area contributed by atoms with Gasteiger partial charge in [0.2, 0.25) is 5.82 Å². The fraction of sp³-hybridized carbons (Fsp3) is 0.462. The average molecular weight is 300 g/mol. The highest BCUT2D eigenvalue weighted by Gasteiger charge is 2.34. The second-order valence-electron chi connectivity index (χ2n) is 5.30. The number of carbonyl (C=O) groups is 1. The normalized spacial score (nSPS) is 17.6. The predicted molar refractivity (Wildman–Crippen MR) is 68.8 cm³/mol. The van der Waals surface area contributed by atoms with Gasteiger partial charge in [-0.1, -0.05) is 0 Å². The molecule has 1 heterocycles. The third kappa shape index (κ3) is 2.99. The number of piperidine rings is 1. The molecule has 1 aromatic carbocycles. The van der Waals surface area contributed by atoms with Crippen molar-refractivity contribution >= 4 is 11.6 Å². The monoisotopic (exact) mass is 300 g/mol. The van der Waals surface area contributed by atoms with Gasteiger partial charge in [0.25, 0.3) is 5.91 Å². The van der Waals surface area contributed by atoms with E-state index in [0.717, 1.165) is 0 Å². The lowest BCUT2D eigenvalue weighted by Crippen LogP contribution is -2.45. The van der Waals surface area contributed by atoms with Crippen molar-refractivity contribution in [2.45, 2.75) is 25.4 Å². The Morgan fingerprint density at radius 3 is 2.48 bits per heavy atom. The number of hydrogen-bond acceptors (Lipinski definition) is 4. The fourth-order valence-electron chi connectivity index (χ4n) is 2.23. The Morgan fingerprint density at radius 1 is 1.38 bits per heavy atom. The number of aliphatic hydroxyl groups is 1. The van der Waals surface area contributed by atoms with E-state index in [1.807, 2.05) is 0 Å². The maximum absolute atomic E-state index is 14.0. The van der Waals surface area contributed by atoms with Crippen LogP contribution in [0, 0.1) is 21.7 Å². The van der Waals surface area contributed by atoms with Gasteiger partial charge in [-0.3, -0.25) is 14.9 Å². The van der Waals surface area contributed by atoms with Crippen molar-refractivity contribution in [3.63, 3.8) is 0 Å². The zero-order chi connectivity index (χ0) is 15.8. The van der Waals surface area contributed by atoms with Crippen LogP contribution in [-0.2, 0) is 0 Å². The van der Waals surface area contributed by atoms with Crippen LogP contribution in [0.15, 0.2) is 12.1 Å². The lowest BCUT2D eigenvalue weighted by atomic mass is 9.93. The molecule has 0 bridgehead atoms. The number of nitro groups is 1. The Morgan fingerprint density at radius 2 is 1.95 bits per heavy atom. The van der Waals surface area contributed by atoms with Crippen LogP contribution < -0.4 is 0 Å². The quantitative estimate of drug-likeness (QED) is 0.667. The van der Waals surface area contributed by atoms with E-state index >= 15 is 0 Å². The van der Waals surface area contributed by atoms with Crippen molar-refractivity contribution in [3.8, 4) is 0 Å². The van der Waals surface area contributed by atoms with Crippen LogP contribution in [0.1, 0.15) is 30.1 Å². The van der Waals surface area contributed by atoms with Gasteiger partial charge in [-0.15, -0.1) is 0 Å². The van der Waals surface area contributed by atoms with Crippen LogP contribution in [0.5, 0.6) is 0 Å². The Labute approximate surface area is 119 Å². The van der Waals surface area contributed by atoms with Crippen molar-refractivity contribution in [1.29, 1.82) is 0 Å². The van der Waals surface area contributed by atoms with Gasteiger partial charge in [-0.05, 0) is 25.8 Å². The van der Waals surface area contributed by atoms with Crippen LogP contribution in [0.2, 0.25) is 0 Å². The summed E-state index contributed by atoms with van der Waals surface area (Å²) in [5.74, 6) is -3.55. The van der Waals surface area contributed by atoms with Crippen LogP contribution in [-0.4, -0.2) is 39.5 Å². The van der Waals surface area contributed by atoms with Gasteiger partial charge in [0, 0.05) is 19.2 Å². The molecule has 1 saturated heterocycles. The number of halogens is 2. The number of nitrogens with zero attached hydrogens (tertiary/aromatic N) is 2. The molecule has 0 radical (unpaired) electrons. The second-order valence-corrected chi connectivity index (χ2v) is 5.30. The first-order valence-corrected chi connectivity index (χ1v) is 6.37. The smallest absolute Gasteiger partial charge is 0.305 e. The molecule has 1 aromatic rings. The first-order valence-electron chi connectivity index (χ1n) is 6.37. The van der Waals surface area contributed by atoms with Gasteiger partial charge >= 0.3 is 5.69 Å². The van der Waals surface area contributed by atoms with E-state index in [0.29, 0.717) is 12.1 Å². The molecule has 1 aliphatic rings. The van der Waals surface area contributed by atoms with E-state index in [4.69, 9.17) is 0 Å². The van der Waals surface area contributed by atoms with Crippen LogP contribution in [0.4, 0.5) is 14.5 Å². The van der Waals surface area contributed by atoms with Crippen LogP contribution in [0.25, 0.3) is 0 Å². The Bertz CT molecular complexity index is 594. The van der Waals surface area contributed by atoms with Gasteiger partial charge in [0.05, 0.1) is 10.5 Å². The number of likely N-dealkylation sites (tertiary alicyclic amines) is 1. The fourth-order valence-corrected chi connectivity index (χ4v) is 2.23. The SMILES string of the molecule is CC1(O)CCN(C(=O)c2c(F)ccc([N+](=O)[O-])c2F)CC1. The minimum atomic E-state index is -1.47. The lowest BCUT2D eigenvalue weighted by molar-refractivity contribution is -0.387. The van der Waals surface area contributed by atoms with Crippen molar-refractivity contribution < 1.29 is 23.6 Å². The summed E-state index contributed by atoms with van der Waals surface area (Å²) in [5.41, 5.74) is -2.79. The zero-order valence-corrected chi connectivity index (χ0v) is 11.3. The molecule has 0 saturated carbocycles. The summed E-state index contributed by atoms with van der Waals surface area (Å²) in [5, 5.41) is 20.4. The number of amides is 1. The molecule has 114 valence electrons. The lowest BCUT2D eigenvalue weighted by Gasteiger charge is -2.35. The Hall–Kier alpha value is -2.09. The Kier molecular flexibility index (Phi) is 3.91. The summed E-state index contributed by atoms with van der Waals surface area (Å²) in [4.78, 5) is 23.0. The molecule has 0 atom stereocenters. The van der Waals surface area contributed by atoms with Gasteiger partial charge in [0.15, 0.2) is 0 Å². The van der Waals surface area contributed by atoms with E-state index in [9.17, 15) is 28.8 Å². The van der Waals surface area contributed by atoms with Gasteiger partial charge in [-0.25, -0.2) is 4.39 Å². The topological polar surface area (TPSA) is 83.7 Å². The standard InChI is InChI=1S/C13H14F2N2O4/c1-13(19)4-6-16(7-5-13)12(18)10-8(14)2-3-9(11(10)15)17(20)21/h2-3,19H,4-7H2,1H3. The summed E-state index contributed by atoms with van der Waals surface area (Å²) >= 11 is 0. The summed E-state index contributed by atoms with van der Waals surface area (Å²) < 4.78 is 27.7. The first kappa shape index (κ1) is 15.3. The number of nitro benzene ring substituents is 1. The third-order valence-corrected chi connectivity index (χ3v) is 3.61. The third-order valence-electron chi connectivity index (χ3n) is 3.61. The molecule has 1 aliphatic heterocycles. The number of hydrogen-bond donors (Lipinski definition) is 1. The van der Waals surface area contributed by atoms with Crippen LogP contribution >= 0.6 is 0 Å². The van der Waals surface area contributed by atoms with Crippen molar-refractivity contribution in [1.82, 2.24) is 4.90 Å². The highest BCUT2D eigenvalue weighted by Crippen LogP contribution is 2.27. The molecular weight excluding hydrogens is 286 g/mol.